The molecule has 0 N–H and O–H groups in total. The Labute approximate surface area is 251 Å². The highest BCUT2D eigenvalue weighted by Gasteiger charge is 2.17. The molecule has 0 aliphatic carbocycles. The molecule has 0 saturated carbocycles. The van der Waals surface area contributed by atoms with Crippen LogP contribution in [-0.2, 0) is 0 Å². The Bertz CT molecular complexity index is 2250. The third kappa shape index (κ3) is 4.47. The maximum atomic E-state index is 4.38. The molecule has 1 aromatic heterocycles. The van der Waals surface area contributed by atoms with Crippen molar-refractivity contribution in [2.24, 2.45) is 0 Å². The van der Waals surface area contributed by atoms with Gasteiger partial charge < -0.3 is 0 Å². The minimum absolute atomic E-state index is 1.02. The molecule has 0 aliphatic heterocycles. The second kappa shape index (κ2) is 10.4. The van der Waals surface area contributed by atoms with Gasteiger partial charge >= 0.3 is 0 Å². The Morgan fingerprint density at radius 1 is 0.349 bits per heavy atom. The molecule has 0 fully saturated rings. The number of pyridine rings is 1. The molecule has 0 aliphatic rings. The van der Waals surface area contributed by atoms with Crippen LogP contribution in [0.1, 0.15) is 5.69 Å². The first kappa shape index (κ1) is 25.2. The minimum atomic E-state index is 1.02. The van der Waals surface area contributed by atoms with E-state index in [-0.39, 0.29) is 0 Å². The minimum Gasteiger partial charge on any atom is -0.262 e. The Morgan fingerprint density at radius 2 is 0.814 bits per heavy atom. The fourth-order valence-electron chi connectivity index (χ4n) is 6.55. The van der Waals surface area contributed by atoms with Crippen LogP contribution in [0.25, 0.3) is 76.8 Å². The summed E-state index contributed by atoms with van der Waals surface area (Å²) in [5, 5.41) is 7.59. The molecule has 0 atom stereocenters. The molecule has 0 bridgehead atoms. The summed E-state index contributed by atoms with van der Waals surface area (Å²) in [5.41, 5.74) is 10.9. The molecule has 1 heteroatoms. The van der Waals surface area contributed by atoms with Crippen molar-refractivity contribution in [2.75, 3.05) is 0 Å². The maximum absolute atomic E-state index is 4.38. The van der Waals surface area contributed by atoms with Crippen LogP contribution >= 0.6 is 0 Å². The fraction of sp³-hybridized carbons (Fsp3) is 0.0238. The highest BCUT2D eigenvalue weighted by molar-refractivity contribution is 6.21. The summed E-state index contributed by atoms with van der Waals surface area (Å²) in [4.78, 5) is 4.38. The first-order valence-corrected chi connectivity index (χ1v) is 14.8. The van der Waals surface area contributed by atoms with Crippen molar-refractivity contribution < 1.29 is 0 Å². The lowest BCUT2D eigenvalue weighted by molar-refractivity contribution is 1.20. The number of fused-ring (bicyclic) bond motifs is 3. The number of hydrogen-bond acceptors (Lipinski definition) is 1. The van der Waals surface area contributed by atoms with E-state index in [0.717, 1.165) is 5.69 Å². The Morgan fingerprint density at radius 3 is 1.40 bits per heavy atom. The summed E-state index contributed by atoms with van der Waals surface area (Å²) in [6.45, 7) is 2.04. The van der Waals surface area contributed by atoms with E-state index in [4.69, 9.17) is 0 Å². The van der Waals surface area contributed by atoms with Gasteiger partial charge in [-0.25, -0.2) is 0 Å². The highest BCUT2D eigenvalue weighted by Crippen LogP contribution is 2.44. The largest absolute Gasteiger partial charge is 0.262 e. The van der Waals surface area contributed by atoms with Crippen LogP contribution in [0.4, 0.5) is 0 Å². The zero-order valence-corrected chi connectivity index (χ0v) is 24.0. The average molecular weight is 548 g/mol. The quantitative estimate of drug-likeness (QED) is 0.200. The van der Waals surface area contributed by atoms with Crippen molar-refractivity contribution in [1.29, 1.82) is 0 Å². The third-order valence-corrected chi connectivity index (χ3v) is 8.55. The van der Waals surface area contributed by atoms with Crippen LogP contribution in [0.15, 0.2) is 158 Å². The summed E-state index contributed by atoms with van der Waals surface area (Å²) in [7, 11) is 0. The summed E-state index contributed by atoms with van der Waals surface area (Å²) in [5.74, 6) is 0. The second-order valence-electron chi connectivity index (χ2n) is 11.3. The zero-order valence-electron chi connectivity index (χ0n) is 24.0. The predicted octanol–water partition coefficient (Wildman–Crippen LogP) is 11.5. The molecular formula is C42H29N. The van der Waals surface area contributed by atoms with Crippen molar-refractivity contribution in [3.63, 3.8) is 0 Å². The Balaban J connectivity index is 1.34. The van der Waals surface area contributed by atoms with Gasteiger partial charge in [-0.15, -0.1) is 0 Å². The summed E-state index contributed by atoms with van der Waals surface area (Å²) in [6.07, 6.45) is 1.88. The molecule has 0 amide bonds. The van der Waals surface area contributed by atoms with Gasteiger partial charge in [0.15, 0.2) is 0 Å². The SMILES string of the molecule is Cc1cc(-c2cccc(-c3cccc(-c4c5ccccc5c(-c5ccc6ccccc6c5)c5ccccc45)c3)c2)ccn1. The molecule has 8 rings (SSSR count). The van der Waals surface area contributed by atoms with Crippen molar-refractivity contribution in [3.8, 4) is 44.5 Å². The van der Waals surface area contributed by atoms with Crippen LogP contribution in [0.5, 0.6) is 0 Å². The first-order chi connectivity index (χ1) is 21.2. The molecule has 7 aromatic carbocycles. The van der Waals surface area contributed by atoms with E-state index in [1.165, 1.54) is 76.8 Å². The van der Waals surface area contributed by atoms with E-state index in [1.54, 1.807) is 0 Å². The molecule has 0 saturated heterocycles. The van der Waals surface area contributed by atoms with E-state index in [0.29, 0.717) is 0 Å². The van der Waals surface area contributed by atoms with Crippen molar-refractivity contribution in [1.82, 2.24) is 4.98 Å². The number of nitrogens with zero attached hydrogens (tertiary/aromatic N) is 1. The summed E-state index contributed by atoms with van der Waals surface area (Å²) < 4.78 is 0. The Kier molecular flexibility index (Phi) is 6.09. The van der Waals surface area contributed by atoms with Crippen LogP contribution in [0, 0.1) is 6.92 Å². The van der Waals surface area contributed by atoms with Gasteiger partial charge in [0.1, 0.15) is 0 Å². The molecule has 8 aromatic rings. The van der Waals surface area contributed by atoms with Crippen LogP contribution in [0.2, 0.25) is 0 Å². The number of aromatic nitrogens is 1. The van der Waals surface area contributed by atoms with E-state index in [1.807, 2.05) is 13.1 Å². The van der Waals surface area contributed by atoms with Gasteiger partial charge in [-0.3, -0.25) is 4.98 Å². The molecule has 0 spiro atoms. The molecule has 202 valence electrons. The van der Waals surface area contributed by atoms with Crippen LogP contribution in [-0.4, -0.2) is 4.98 Å². The molecule has 1 nitrogen and oxygen atoms in total. The van der Waals surface area contributed by atoms with Crippen LogP contribution < -0.4 is 0 Å². The number of aryl methyl sites for hydroxylation is 1. The lowest BCUT2D eigenvalue weighted by Crippen LogP contribution is -1.91. The lowest BCUT2D eigenvalue weighted by atomic mass is 9.85. The number of hydrogen-bond donors (Lipinski definition) is 0. The zero-order chi connectivity index (χ0) is 28.8. The van der Waals surface area contributed by atoms with Crippen LogP contribution in [0.3, 0.4) is 0 Å². The van der Waals surface area contributed by atoms with Gasteiger partial charge in [-0.1, -0.05) is 121 Å². The summed E-state index contributed by atoms with van der Waals surface area (Å²) >= 11 is 0. The van der Waals surface area contributed by atoms with Crippen molar-refractivity contribution >= 4 is 32.3 Å². The highest BCUT2D eigenvalue weighted by atomic mass is 14.6. The molecule has 0 unspecified atom stereocenters. The molecule has 0 radical (unpaired) electrons. The standard InChI is InChI=1S/C42H29N/c1-28-24-34(22-23-43-28)32-13-8-12-31(25-32)33-14-9-15-35(27-33)41-37-16-4-6-18-39(37)42(40-19-7-5-17-38(40)41)36-21-20-29-10-2-3-11-30(29)26-36/h2-27H,1H3. The van der Waals surface area contributed by atoms with Crippen molar-refractivity contribution in [2.45, 2.75) is 6.92 Å². The van der Waals surface area contributed by atoms with Gasteiger partial charge in [-0.05, 0) is 114 Å². The lowest BCUT2D eigenvalue weighted by Gasteiger charge is -2.18. The van der Waals surface area contributed by atoms with Gasteiger partial charge in [0.05, 0.1) is 0 Å². The Hall–Kier alpha value is -5.53. The van der Waals surface area contributed by atoms with Crippen molar-refractivity contribution in [3.05, 3.63) is 164 Å². The average Bonchev–Trinajstić information content (AvgIpc) is 3.07. The molecule has 1 heterocycles. The summed E-state index contributed by atoms with van der Waals surface area (Å²) in [6, 6.07) is 55.3. The third-order valence-electron chi connectivity index (χ3n) is 8.55. The second-order valence-corrected chi connectivity index (χ2v) is 11.3. The van der Waals surface area contributed by atoms with E-state index in [9.17, 15) is 0 Å². The predicted molar refractivity (Wildman–Crippen MR) is 183 cm³/mol. The van der Waals surface area contributed by atoms with E-state index in [2.05, 4.69) is 157 Å². The fourth-order valence-corrected chi connectivity index (χ4v) is 6.55. The van der Waals surface area contributed by atoms with Gasteiger partial charge in [-0.2, -0.15) is 0 Å². The number of rotatable bonds is 4. The molecular weight excluding hydrogens is 518 g/mol. The smallest absolute Gasteiger partial charge is 0.0378 e. The van der Waals surface area contributed by atoms with Gasteiger partial charge in [0.2, 0.25) is 0 Å². The topological polar surface area (TPSA) is 12.9 Å². The van der Waals surface area contributed by atoms with E-state index < -0.39 is 0 Å². The normalized spacial score (nSPS) is 11.4. The van der Waals surface area contributed by atoms with E-state index >= 15 is 0 Å². The van der Waals surface area contributed by atoms with Gasteiger partial charge in [0, 0.05) is 11.9 Å². The van der Waals surface area contributed by atoms with Gasteiger partial charge in [0.25, 0.3) is 0 Å². The number of benzene rings is 7. The monoisotopic (exact) mass is 547 g/mol. The molecule has 43 heavy (non-hydrogen) atoms. The first-order valence-electron chi connectivity index (χ1n) is 14.8. The maximum Gasteiger partial charge on any atom is 0.0378 e.